The molecule has 7 heteroatoms. The van der Waals surface area contributed by atoms with Crippen molar-refractivity contribution in [3.8, 4) is 22.4 Å². The monoisotopic (exact) mass is 386 g/mol. The molecular weight excluding hydrogens is 365 g/mol. The van der Waals surface area contributed by atoms with Crippen LogP contribution in [0.2, 0.25) is 0 Å². The summed E-state index contributed by atoms with van der Waals surface area (Å²) in [6, 6.07) is 9.18. The molecule has 0 saturated heterocycles. The zero-order valence-corrected chi connectivity index (χ0v) is 15.2. The van der Waals surface area contributed by atoms with Crippen LogP contribution in [0.15, 0.2) is 48.8 Å². The molecule has 3 N–H and O–H groups in total. The molecule has 1 aliphatic carbocycles. The number of rotatable bonds is 3. The molecule has 0 radical (unpaired) electrons. The molecule has 4 rings (SSSR count). The smallest absolute Gasteiger partial charge is 0.328 e. The molecule has 1 aliphatic rings. The van der Waals surface area contributed by atoms with Crippen molar-refractivity contribution in [1.29, 1.82) is 0 Å². The molecule has 0 atom stereocenters. The van der Waals surface area contributed by atoms with Gasteiger partial charge in [0.05, 0.1) is 5.56 Å². The summed E-state index contributed by atoms with van der Waals surface area (Å²) in [5.41, 5.74) is 9.58. The number of aromatic amines is 1. The highest BCUT2D eigenvalue weighted by Gasteiger charge is 2.31. The molecule has 3 aromatic rings. The quantitative estimate of drug-likeness (QED) is 0.655. The fourth-order valence-electron chi connectivity index (χ4n) is 3.90. The van der Waals surface area contributed by atoms with Gasteiger partial charge in [-0.1, -0.05) is 12.1 Å². The van der Waals surface area contributed by atoms with Crippen molar-refractivity contribution < 1.29 is 13.2 Å². The molecule has 146 valence electrons. The maximum Gasteiger partial charge on any atom is 0.416 e. The fourth-order valence-corrected chi connectivity index (χ4v) is 3.90. The number of nitrogens with one attached hydrogen (secondary N) is 1. The van der Waals surface area contributed by atoms with Crippen LogP contribution < -0.4 is 5.73 Å². The minimum atomic E-state index is -4.36. The maximum atomic E-state index is 12.9. The van der Waals surface area contributed by atoms with E-state index in [1.807, 2.05) is 12.1 Å². The first kappa shape index (κ1) is 18.7. The van der Waals surface area contributed by atoms with E-state index in [0.29, 0.717) is 17.2 Å². The van der Waals surface area contributed by atoms with Crippen molar-refractivity contribution in [2.24, 2.45) is 5.73 Å². The summed E-state index contributed by atoms with van der Waals surface area (Å²) in [5.74, 6) is 0.304. The first-order valence-corrected chi connectivity index (χ1v) is 9.35. The van der Waals surface area contributed by atoms with Gasteiger partial charge >= 0.3 is 6.18 Å². The summed E-state index contributed by atoms with van der Waals surface area (Å²) in [6.07, 6.45) is 2.90. The van der Waals surface area contributed by atoms with Gasteiger partial charge in [-0.15, -0.1) is 0 Å². The van der Waals surface area contributed by atoms with Crippen LogP contribution in [0.4, 0.5) is 13.2 Å². The highest BCUT2D eigenvalue weighted by molar-refractivity contribution is 5.83. The number of aromatic nitrogens is 3. The minimum absolute atomic E-state index is 0.234. The standard InChI is InChI=1S/C21H21F3N4/c22-21(23,24)16-5-1-14(2-6-16)19-18(13-9-11-26-12-10-13)20(28-27-19)15-3-7-17(25)8-4-15/h1-2,5-6,9-12,15,17H,3-4,7-8,25H2,(H,27,28). The lowest BCUT2D eigenvalue weighted by atomic mass is 9.82. The van der Waals surface area contributed by atoms with Gasteiger partial charge in [-0.05, 0) is 55.5 Å². The number of halogens is 3. The summed E-state index contributed by atoms with van der Waals surface area (Å²) in [6.45, 7) is 0. The summed E-state index contributed by atoms with van der Waals surface area (Å²) >= 11 is 0. The molecule has 2 aromatic heterocycles. The van der Waals surface area contributed by atoms with Crippen LogP contribution in [0.5, 0.6) is 0 Å². The third-order valence-electron chi connectivity index (χ3n) is 5.43. The van der Waals surface area contributed by atoms with Crippen LogP contribution >= 0.6 is 0 Å². The molecule has 0 amide bonds. The molecule has 0 spiro atoms. The van der Waals surface area contributed by atoms with Gasteiger partial charge < -0.3 is 5.73 Å². The van der Waals surface area contributed by atoms with Crippen LogP contribution in [0.1, 0.15) is 42.9 Å². The van der Waals surface area contributed by atoms with Gasteiger partial charge in [0.2, 0.25) is 0 Å². The molecule has 28 heavy (non-hydrogen) atoms. The van der Waals surface area contributed by atoms with Crippen molar-refractivity contribution in [3.63, 3.8) is 0 Å². The van der Waals surface area contributed by atoms with Crippen LogP contribution in [-0.4, -0.2) is 21.2 Å². The van der Waals surface area contributed by atoms with E-state index >= 15 is 0 Å². The van der Waals surface area contributed by atoms with E-state index in [4.69, 9.17) is 5.73 Å². The Hall–Kier alpha value is -2.67. The number of benzene rings is 1. The van der Waals surface area contributed by atoms with Crippen molar-refractivity contribution >= 4 is 0 Å². The van der Waals surface area contributed by atoms with Crippen LogP contribution in [0.25, 0.3) is 22.4 Å². The van der Waals surface area contributed by atoms with E-state index < -0.39 is 11.7 Å². The van der Waals surface area contributed by atoms with E-state index in [0.717, 1.165) is 54.6 Å². The third-order valence-corrected chi connectivity index (χ3v) is 5.43. The Morgan fingerprint density at radius 2 is 1.54 bits per heavy atom. The highest BCUT2D eigenvalue weighted by atomic mass is 19.4. The predicted octanol–water partition coefficient (Wildman–Crippen LogP) is 5.14. The number of alkyl halides is 3. The Morgan fingerprint density at radius 1 is 0.893 bits per heavy atom. The SMILES string of the molecule is NC1CCC(c2[nH]nc(-c3ccc(C(F)(F)F)cc3)c2-c2ccncc2)CC1. The number of nitrogens with two attached hydrogens (primary N) is 1. The summed E-state index contributed by atoms with van der Waals surface area (Å²) in [7, 11) is 0. The fraction of sp³-hybridized carbons (Fsp3) is 0.333. The highest BCUT2D eigenvalue weighted by Crippen LogP contribution is 2.41. The van der Waals surface area contributed by atoms with E-state index in [1.54, 1.807) is 12.4 Å². The van der Waals surface area contributed by atoms with Crippen molar-refractivity contribution in [3.05, 3.63) is 60.0 Å². The van der Waals surface area contributed by atoms with E-state index in [9.17, 15) is 13.2 Å². The molecule has 0 bridgehead atoms. The van der Waals surface area contributed by atoms with Gasteiger partial charge in [0, 0.05) is 41.2 Å². The lowest BCUT2D eigenvalue weighted by molar-refractivity contribution is -0.137. The second-order valence-corrected chi connectivity index (χ2v) is 7.28. The zero-order chi connectivity index (χ0) is 19.7. The van der Waals surface area contributed by atoms with E-state index in [1.165, 1.54) is 12.1 Å². The average molecular weight is 386 g/mol. The normalized spacial score (nSPS) is 20.3. The Labute approximate surface area is 161 Å². The third kappa shape index (κ3) is 3.67. The molecule has 1 fully saturated rings. The first-order chi connectivity index (χ1) is 13.4. The Bertz CT molecular complexity index is 925. The van der Waals surface area contributed by atoms with Gasteiger partial charge in [0.25, 0.3) is 0 Å². The predicted molar refractivity (Wildman–Crippen MR) is 101 cm³/mol. The second kappa shape index (κ2) is 7.39. The Balaban J connectivity index is 1.77. The number of hydrogen-bond donors (Lipinski definition) is 2. The van der Waals surface area contributed by atoms with Crippen molar-refractivity contribution in [2.45, 2.75) is 43.8 Å². The van der Waals surface area contributed by atoms with E-state index in [-0.39, 0.29) is 6.04 Å². The maximum absolute atomic E-state index is 12.9. The lowest BCUT2D eigenvalue weighted by Crippen LogP contribution is -2.26. The van der Waals surface area contributed by atoms with Crippen LogP contribution in [-0.2, 0) is 6.18 Å². The zero-order valence-electron chi connectivity index (χ0n) is 15.2. The Morgan fingerprint density at radius 3 is 2.14 bits per heavy atom. The molecule has 4 nitrogen and oxygen atoms in total. The van der Waals surface area contributed by atoms with Gasteiger partial charge in [0.1, 0.15) is 5.69 Å². The molecule has 0 aliphatic heterocycles. The van der Waals surface area contributed by atoms with Gasteiger partial charge in [0.15, 0.2) is 0 Å². The lowest BCUT2D eigenvalue weighted by Gasteiger charge is -2.26. The van der Waals surface area contributed by atoms with Crippen LogP contribution in [0, 0.1) is 0 Å². The van der Waals surface area contributed by atoms with E-state index in [2.05, 4.69) is 15.2 Å². The van der Waals surface area contributed by atoms with Gasteiger partial charge in [-0.3, -0.25) is 10.1 Å². The molecule has 1 aromatic carbocycles. The summed E-state index contributed by atoms with van der Waals surface area (Å²) in [5, 5.41) is 7.66. The Kier molecular flexibility index (Phi) is 4.93. The molecular formula is C21H21F3N4. The van der Waals surface area contributed by atoms with Gasteiger partial charge in [-0.2, -0.15) is 18.3 Å². The number of H-pyrrole nitrogens is 1. The molecule has 0 unspecified atom stereocenters. The minimum Gasteiger partial charge on any atom is -0.328 e. The van der Waals surface area contributed by atoms with Gasteiger partial charge in [-0.25, -0.2) is 0 Å². The van der Waals surface area contributed by atoms with Crippen molar-refractivity contribution in [1.82, 2.24) is 15.2 Å². The van der Waals surface area contributed by atoms with Crippen LogP contribution in [0.3, 0.4) is 0 Å². The number of pyridine rings is 1. The van der Waals surface area contributed by atoms with Crippen molar-refractivity contribution in [2.75, 3.05) is 0 Å². The number of nitrogens with zero attached hydrogens (tertiary/aromatic N) is 2. The summed E-state index contributed by atoms with van der Waals surface area (Å²) < 4.78 is 38.7. The topological polar surface area (TPSA) is 67.6 Å². The summed E-state index contributed by atoms with van der Waals surface area (Å²) in [4.78, 5) is 4.08. The first-order valence-electron chi connectivity index (χ1n) is 9.35. The molecule has 2 heterocycles. The number of hydrogen-bond acceptors (Lipinski definition) is 3. The molecule has 1 saturated carbocycles. The largest absolute Gasteiger partial charge is 0.416 e. The second-order valence-electron chi connectivity index (χ2n) is 7.28. The average Bonchev–Trinajstić information content (AvgIpc) is 3.14.